The predicted octanol–water partition coefficient (Wildman–Crippen LogP) is 2.38. The average molecular weight is 315 g/mol. The van der Waals surface area contributed by atoms with Crippen LogP contribution in [-0.4, -0.2) is 36.0 Å². The molecule has 1 atom stereocenters. The van der Waals surface area contributed by atoms with Gasteiger partial charge < -0.3 is 14.8 Å². The standard InChI is InChI=1S/C17H21N3O3/c1-11-15(12-4-6-14(22-3)7-5-12)16(20(2)19-11)18-17(21)13-8-9-23-10-13/h4-7,13H,8-10H2,1-3H3,(H,18,21). The van der Waals surface area contributed by atoms with Crippen LogP contribution in [0.4, 0.5) is 5.82 Å². The molecule has 1 aromatic heterocycles. The molecule has 23 heavy (non-hydrogen) atoms. The summed E-state index contributed by atoms with van der Waals surface area (Å²) in [6.07, 6.45) is 0.764. The summed E-state index contributed by atoms with van der Waals surface area (Å²) in [6.45, 7) is 3.07. The van der Waals surface area contributed by atoms with Crippen LogP contribution < -0.4 is 10.1 Å². The molecule has 1 fully saturated rings. The van der Waals surface area contributed by atoms with E-state index in [-0.39, 0.29) is 11.8 Å². The van der Waals surface area contributed by atoms with Crippen LogP contribution >= 0.6 is 0 Å². The number of hydrogen-bond donors (Lipinski definition) is 1. The van der Waals surface area contributed by atoms with Crippen molar-refractivity contribution in [1.82, 2.24) is 9.78 Å². The smallest absolute Gasteiger partial charge is 0.231 e. The Morgan fingerprint density at radius 1 is 1.39 bits per heavy atom. The lowest BCUT2D eigenvalue weighted by Crippen LogP contribution is -2.24. The fourth-order valence-electron chi connectivity index (χ4n) is 2.86. The Kier molecular flexibility index (Phi) is 4.34. The molecule has 3 rings (SSSR count). The molecule has 0 radical (unpaired) electrons. The number of aryl methyl sites for hydroxylation is 2. The Morgan fingerprint density at radius 3 is 2.74 bits per heavy atom. The predicted molar refractivity (Wildman–Crippen MR) is 87.5 cm³/mol. The molecular weight excluding hydrogens is 294 g/mol. The Balaban J connectivity index is 1.91. The third-order valence-electron chi connectivity index (χ3n) is 4.14. The van der Waals surface area contributed by atoms with Gasteiger partial charge in [-0.25, -0.2) is 0 Å². The Morgan fingerprint density at radius 2 is 2.13 bits per heavy atom. The van der Waals surface area contributed by atoms with E-state index in [1.54, 1.807) is 11.8 Å². The number of carbonyl (C=O) groups is 1. The summed E-state index contributed by atoms with van der Waals surface area (Å²) >= 11 is 0. The highest BCUT2D eigenvalue weighted by Crippen LogP contribution is 2.32. The van der Waals surface area contributed by atoms with E-state index in [2.05, 4.69) is 10.4 Å². The van der Waals surface area contributed by atoms with Gasteiger partial charge in [0.15, 0.2) is 0 Å². The molecule has 122 valence electrons. The average Bonchev–Trinajstić information content (AvgIpc) is 3.17. The molecule has 1 unspecified atom stereocenters. The molecule has 6 nitrogen and oxygen atoms in total. The molecule has 1 aliphatic rings. The van der Waals surface area contributed by atoms with Crippen molar-refractivity contribution in [3.05, 3.63) is 30.0 Å². The van der Waals surface area contributed by atoms with Crippen LogP contribution in [0, 0.1) is 12.8 Å². The Labute approximate surface area is 135 Å². The molecule has 0 aliphatic carbocycles. The molecule has 2 aromatic rings. The fraction of sp³-hybridized carbons (Fsp3) is 0.412. The van der Waals surface area contributed by atoms with Gasteiger partial charge in [-0.15, -0.1) is 0 Å². The van der Waals surface area contributed by atoms with Crippen LogP contribution in [0.3, 0.4) is 0 Å². The first-order valence-electron chi connectivity index (χ1n) is 7.66. The second-order valence-corrected chi connectivity index (χ2v) is 5.71. The Hall–Kier alpha value is -2.34. The maximum atomic E-state index is 12.4. The number of nitrogens with one attached hydrogen (secondary N) is 1. The minimum atomic E-state index is -0.0890. The van der Waals surface area contributed by atoms with Gasteiger partial charge in [0.1, 0.15) is 11.6 Å². The number of aromatic nitrogens is 2. The number of nitrogens with zero attached hydrogens (tertiary/aromatic N) is 2. The quantitative estimate of drug-likeness (QED) is 0.941. The van der Waals surface area contributed by atoms with Gasteiger partial charge in [0, 0.05) is 19.2 Å². The van der Waals surface area contributed by atoms with Crippen LogP contribution in [-0.2, 0) is 16.6 Å². The third kappa shape index (κ3) is 3.07. The first-order valence-corrected chi connectivity index (χ1v) is 7.66. The highest BCUT2D eigenvalue weighted by atomic mass is 16.5. The number of methoxy groups -OCH3 is 1. The summed E-state index contributed by atoms with van der Waals surface area (Å²) in [5.41, 5.74) is 2.80. The van der Waals surface area contributed by atoms with Gasteiger partial charge in [-0.05, 0) is 31.0 Å². The minimum Gasteiger partial charge on any atom is -0.497 e. The van der Waals surface area contributed by atoms with E-state index in [1.165, 1.54) is 0 Å². The van der Waals surface area contributed by atoms with Crippen LogP contribution in [0.1, 0.15) is 12.1 Å². The first kappa shape index (κ1) is 15.6. The van der Waals surface area contributed by atoms with E-state index in [9.17, 15) is 4.79 Å². The lowest BCUT2D eigenvalue weighted by molar-refractivity contribution is -0.119. The number of amides is 1. The number of benzene rings is 1. The first-order chi connectivity index (χ1) is 11.1. The van der Waals surface area contributed by atoms with E-state index >= 15 is 0 Å². The molecule has 1 aliphatic heterocycles. The van der Waals surface area contributed by atoms with Crippen LogP contribution in [0.5, 0.6) is 5.75 Å². The molecule has 0 spiro atoms. The normalized spacial score (nSPS) is 17.3. The van der Waals surface area contributed by atoms with Gasteiger partial charge in [0.25, 0.3) is 0 Å². The summed E-state index contributed by atoms with van der Waals surface area (Å²) in [4.78, 5) is 12.4. The van der Waals surface area contributed by atoms with Crippen molar-refractivity contribution in [2.24, 2.45) is 13.0 Å². The van der Waals surface area contributed by atoms with Gasteiger partial charge in [-0.1, -0.05) is 12.1 Å². The maximum Gasteiger partial charge on any atom is 0.231 e. The van der Waals surface area contributed by atoms with Crippen LogP contribution in [0.25, 0.3) is 11.1 Å². The molecule has 0 bridgehead atoms. The fourth-order valence-corrected chi connectivity index (χ4v) is 2.86. The number of hydrogen-bond acceptors (Lipinski definition) is 4. The van der Waals surface area contributed by atoms with Gasteiger partial charge in [0.05, 0.1) is 25.3 Å². The molecule has 2 heterocycles. The molecule has 1 aromatic carbocycles. The summed E-state index contributed by atoms with van der Waals surface area (Å²) in [5.74, 6) is 1.41. The summed E-state index contributed by atoms with van der Waals surface area (Å²) in [6, 6.07) is 7.74. The van der Waals surface area contributed by atoms with E-state index in [1.807, 2.05) is 38.2 Å². The number of ether oxygens (including phenoxy) is 2. The lowest BCUT2D eigenvalue weighted by Gasteiger charge is -2.12. The van der Waals surface area contributed by atoms with Crippen molar-refractivity contribution in [1.29, 1.82) is 0 Å². The molecular formula is C17H21N3O3. The summed E-state index contributed by atoms with van der Waals surface area (Å²) in [7, 11) is 3.47. The van der Waals surface area contributed by atoms with E-state index in [0.717, 1.165) is 29.0 Å². The van der Waals surface area contributed by atoms with Gasteiger partial charge >= 0.3 is 0 Å². The monoisotopic (exact) mass is 315 g/mol. The SMILES string of the molecule is COc1ccc(-c2c(C)nn(C)c2NC(=O)C2CCOC2)cc1. The zero-order valence-electron chi connectivity index (χ0n) is 13.6. The van der Waals surface area contributed by atoms with Gasteiger partial charge in [0.2, 0.25) is 5.91 Å². The highest BCUT2D eigenvalue weighted by molar-refractivity contribution is 5.96. The topological polar surface area (TPSA) is 65.4 Å². The van der Waals surface area contributed by atoms with Crippen molar-refractivity contribution in [2.45, 2.75) is 13.3 Å². The number of carbonyl (C=O) groups excluding carboxylic acids is 1. The zero-order chi connectivity index (χ0) is 16.4. The van der Waals surface area contributed by atoms with Crippen molar-refractivity contribution >= 4 is 11.7 Å². The van der Waals surface area contributed by atoms with Crippen LogP contribution in [0.15, 0.2) is 24.3 Å². The van der Waals surface area contributed by atoms with Gasteiger partial charge in [-0.2, -0.15) is 5.10 Å². The minimum absolute atomic E-state index is 0.0136. The van der Waals surface area contributed by atoms with Crippen LogP contribution in [0.2, 0.25) is 0 Å². The largest absolute Gasteiger partial charge is 0.497 e. The maximum absolute atomic E-state index is 12.4. The van der Waals surface area contributed by atoms with E-state index in [0.29, 0.717) is 19.0 Å². The van der Waals surface area contributed by atoms with Gasteiger partial charge in [-0.3, -0.25) is 9.48 Å². The van der Waals surface area contributed by atoms with Crippen molar-refractivity contribution in [3.63, 3.8) is 0 Å². The van der Waals surface area contributed by atoms with Crippen molar-refractivity contribution in [2.75, 3.05) is 25.6 Å². The zero-order valence-corrected chi connectivity index (χ0v) is 13.6. The molecule has 1 N–H and O–H groups in total. The van der Waals surface area contributed by atoms with E-state index in [4.69, 9.17) is 9.47 Å². The summed E-state index contributed by atoms with van der Waals surface area (Å²) < 4.78 is 12.2. The molecule has 0 saturated carbocycles. The lowest BCUT2D eigenvalue weighted by atomic mass is 10.0. The number of anilines is 1. The molecule has 1 saturated heterocycles. The Bertz CT molecular complexity index is 701. The second kappa shape index (κ2) is 6.42. The summed E-state index contributed by atoms with van der Waals surface area (Å²) in [5, 5.41) is 7.47. The molecule has 6 heteroatoms. The van der Waals surface area contributed by atoms with Crippen molar-refractivity contribution < 1.29 is 14.3 Å². The second-order valence-electron chi connectivity index (χ2n) is 5.71. The third-order valence-corrected chi connectivity index (χ3v) is 4.14. The molecule has 1 amide bonds. The number of rotatable bonds is 4. The highest BCUT2D eigenvalue weighted by Gasteiger charge is 2.26. The van der Waals surface area contributed by atoms with Crippen molar-refractivity contribution in [3.8, 4) is 16.9 Å². The van der Waals surface area contributed by atoms with E-state index < -0.39 is 0 Å².